The topological polar surface area (TPSA) is 39.3 Å². The summed E-state index contributed by atoms with van der Waals surface area (Å²) >= 11 is 0. The number of fused-ring (bicyclic) bond motifs is 1. The Hall–Kier alpha value is -2.66. The van der Waals surface area contributed by atoms with Crippen LogP contribution < -0.4 is 0 Å². The molecule has 1 atom stereocenters. The van der Waals surface area contributed by atoms with Crippen LogP contribution in [-0.4, -0.2) is 52.4 Å². The summed E-state index contributed by atoms with van der Waals surface area (Å²) < 4.78 is 13.7. The van der Waals surface area contributed by atoms with Crippen molar-refractivity contribution in [2.45, 2.75) is 45.6 Å². The fourth-order valence-corrected chi connectivity index (χ4v) is 5.05. The zero-order valence-corrected chi connectivity index (χ0v) is 19.4. The van der Waals surface area contributed by atoms with Crippen molar-refractivity contribution in [3.05, 3.63) is 71.7 Å². The van der Waals surface area contributed by atoms with Crippen LogP contribution >= 0.6 is 0 Å². The lowest BCUT2D eigenvalue weighted by Gasteiger charge is -2.44. The second-order valence-electron chi connectivity index (χ2n) is 9.69. The van der Waals surface area contributed by atoms with E-state index in [0.29, 0.717) is 18.2 Å². The van der Waals surface area contributed by atoms with Gasteiger partial charge in [-0.25, -0.2) is 4.39 Å². The van der Waals surface area contributed by atoms with Gasteiger partial charge in [0, 0.05) is 36.1 Å². The van der Waals surface area contributed by atoms with Crippen molar-refractivity contribution in [3.8, 4) is 0 Å². The van der Waals surface area contributed by atoms with E-state index >= 15 is 0 Å². The van der Waals surface area contributed by atoms with E-state index < -0.39 is 0 Å². The number of halogens is 1. The summed E-state index contributed by atoms with van der Waals surface area (Å²) in [4.78, 5) is 21.0. The maximum Gasteiger partial charge on any atom is 0.270 e. The molecule has 0 radical (unpaired) electrons. The van der Waals surface area contributed by atoms with Gasteiger partial charge in [-0.3, -0.25) is 9.69 Å². The SMILES string of the molecule is CCN(CC1CCCN(C(C)(C)Cc2cccc(F)c2)C1)C(=O)c1cc2ccccc2[nH]1. The van der Waals surface area contributed by atoms with Crippen LogP contribution in [0.5, 0.6) is 0 Å². The lowest BCUT2D eigenvalue weighted by molar-refractivity contribution is 0.0474. The molecular formula is C27H34FN3O. The third-order valence-electron chi connectivity index (χ3n) is 6.81. The predicted octanol–water partition coefficient (Wildman–Crippen LogP) is 5.50. The molecule has 0 spiro atoms. The van der Waals surface area contributed by atoms with Gasteiger partial charge in [0.05, 0.1) is 0 Å². The number of hydrogen-bond acceptors (Lipinski definition) is 2. The maximum absolute atomic E-state index is 13.7. The molecule has 170 valence electrons. The minimum atomic E-state index is -0.177. The zero-order valence-electron chi connectivity index (χ0n) is 19.4. The van der Waals surface area contributed by atoms with E-state index in [4.69, 9.17) is 0 Å². The van der Waals surface area contributed by atoms with Gasteiger partial charge >= 0.3 is 0 Å². The fraction of sp³-hybridized carbons (Fsp3) is 0.444. The monoisotopic (exact) mass is 435 g/mol. The largest absolute Gasteiger partial charge is 0.351 e. The fourth-order valence-electron chi connectivity index (χ4n) is 5.05. The summed E-state index contributed by atoms with van der Waals surface area (Å²) in [6.07, 6.45) is 3.06. The zero-order chi connectivity index (χ0) is 22.7. The van der Waals surface area contributed by atoms with Crippen LogP contribution in [0.25, 0.3) is 10.9 Å². The number of nitrogens with one attached hydrogen (secondary N) is 1. The number of rotatable bonds is 7. The number of piperidine rings is 1. The maximum atomic E-state index is 13.7. The van der Waals surface area contributed by atoms with E-state index in [1.807, 2.05) is 41.3 Å². The minimum absolute atomic E-state index is 0.0648. The summed E-state index contributed by atoms with van der Waals surface area (Å²) in [5.74, 6) is 0.326. The van der Waals surface area contributed by atoms with Crippen LogP contribution in [0.15, 0.2) is 54.6 Å². The molecule has 2 heterocycles. The van der Waals surface area contributed by atoms with Gasteiger partial charge < -0.3 is 9.88 Å². The molecular weight excluding hydrogens is 401 g/mol. The number of nitrogens with zero attached hydrogens (tertiary/aromatic N) is 2. The average molecular weight is 436 g/mol. The number of aromatic amines is 1. The van der Waals surface area contributed by atoms with Crippen molar-refractivity contribution in [3.63, 3.8) is 0 Å². The standard InChI is InChI=1S/C27H34FN3O/c1-4-30(26(32)25-16-22-11-5-6-13-24(22)29-25)18-21-10-8-14-31(19-21)27(2,3)17-20-9-7-12-23(28)15-20/h5-7,9,11-13,15-16,21,29H,4,8,10,14,17-19H2,1-3H3. The Labute approximate surface area is 190 Å². The van der Waals surface area contributed by atoms with Crippen LogP contribution in [0, 0.1) is 11.7 Å². The molecule has 5 heteroatoms. The van der Waals surface area contributed by atoms with Gasteiger partial charge in [0.1, 0.15) is 11.5 Å². The highest BCUT2D eigenvalue weighted by atomic mass is 19.1. The molecule has 2 aromatic carbocycles. The lowest BCUT2D eigenvalue weighted by atomic mass is 9.88. The first kappa shape index (κ1) is 22.5. The van der Waals surface area contributed by atoms with Crippen molar-refractivity contribution >= 4 is 16.8 Å². The first-order chi connectivity index (χ1) is 15.4. The Morgan fingerprint density at radius 2 is 2.00 bits per heavy atom. The number of benzene rings is 2. The third-order valence-corrected chi connectivity index (χ3v) is 6.81. The molecule has 1 saturated heterocycles. The normalized spacial score (nSPS) is 17.6. The Morgan fingerprint density at radius 1 is 1.19 bits per heavy atom. The van der Waals surface area contributed by atoms with Crippen molar-refractivity contribution < 1.29 is 9.18 Å². The van der Waals surface area contributed by atoms with Crippen molar-refractivity contribution in [2.24, 2.45) is 5.92 Å². The van der Waals surface area contributed by atoms with Crippen LogP contribution in [0.3, 0.4) is 0 Å². The molecule has 1 unspecified atom stereocenters. The average Bonchev–Trinajstić information content (AvgIpc) is 3.21. The van der Waals surface area contributed by atoms with Crippen molar-refractivity contribution in [2.75, 3.05) is 26.2 Å². The van der Waals surface area contributed by atoms with Gasteiger partial charge in [-0.15, -0.1) is 0 Å². The second kappa shape index (κ2) is 9.45. The van der Waals surface area contributed by atoms with E-state index in [1.165, 1.54) is 6.07 Å². The Bertz CT molecular complexity index is 1040. The number of amides is 1. The summed E-state index contributed by atoms with van der Waals surface area (Å²) in [5.41, 5.74) is 2.62. The molecule has 0 bridgehead atoms. The molecule has 1 aromatic heterocycles. The molecule has 1 aliphatic heterocycles. The van der Waals surface area contributed by atoms with Gasteiger partial charge in [0.25, 0.3) is 5.91 Å². The summed E-state index contributed by atoms with van der Waals surface area (Å²) in [6.45, 7) is 9.99. The summed E-state index contributed by atoms with van der Waals surface area (Å²) in [7, 11) is 0. The Balaban J connectivity index is 1.42. The lowest BCUT2D eigenvalue weighted by Crippen LogP contribution is -2.52. The quantitative estimate of drug-likeness (QED) is 0.532. The van der Waals surface area contributed by atoms with Crippen LogP contribution in [0.1, 0.15) is 49.7 Å². The summed E-state index contributed by atoms with van der Waals surface area (Å²) in [5, 5.41) is 1.06. The number of carbonyl (C=O) groups is 1. The number of H-pyrrole nitrogens is 1. The molecule has 0 saturated carbocycles. The number of hydrogen-bond donors (Lipinski definition) is 1. The van der Waals surface area contributed by atoms with Gasteiger partial charge in [0.15, 0.2) is 0 Å². The first-order valence-electron chi connectivity index (χ1n) is 11.7. The van der Waals surface area contributed by atoms with E-state index in [1.54, 1.807) is 12.1 Å². The van der Waals surface area contributed by atoms with Crippen LogP contribution in [-0.2, 0) is 6.42 Å². The number of aromatic nitrogens is 1. The van der Waals surface area contributed by atoms with Crippen molar-refractivity contribution in [1.29, 1.82) is 0 Å². The molecule has 4 nitrogen and oxygen atoms in total. The summed E-state index contributed by atoms with van der Waals surface area (Å²) in [6, 6.07) is 16.9. The molecule has 4 rings (SSSR count). The second-order valence-corrected chi connectivity index (χ2v) is 9.69. The molecule has 1 N–H and O–H groups in total. The Kier molecular flexibility index (Phi) is 6.66. The first-order valence-corrected chi connectivity index (χ1v) is 11.7. The molecule has 32 heavy (non-hydrogen) atoms. The predicted molar refractivity (Wildman–Crippen MR) is 128 cm³/mol. The molecule has 1 fully saturated rings. The molecule has 1 amide bonds. The highest BCUT2D eigenvalue weighted by Gasteiger charge is 2.33. The number of carbonyl (C=O) groups excluding carboxylic acids is 1. The minimum Gasteiger partial charge on any atom is -0.351 e. The smallest absolute Gasteiger partial charge is 0.270 e. The third kappa shape index (κ3) is 5.04. The van der Waals surface area contributed by atoms with Gasteiger partial charge in [-0.05, 0) is 82.3 Å². The van der Waals surface area contributed by atoms with E-state index in [9.17, 15) is 9.18 Å². The number of likely N-dealkylation sites (tertiary alicyclic amines) is 1. The highest BCUT2D eigenvalue weighted by molar-refractivity contribution is 5.98. The van der Waals surface area contributed by atoms with Gasteiger partial charge in [-0.2, -0.15) is 0 Å². The Morgan fingerprint density at radius 3 is 2.75 bits per heavy atom. The molecule has 3 aromatic rings. The van der Waals surface area contributed by atoms with Crippen LogP contribution in [0.4, 0.5) is 4.39 Å². The molecule has 0 aliphatic carbocycles. The number of para-hydroxylation sites is 1. The van der Waals surface area contributed by atoms with Gasteiger partial charge in [-0.1, -0.05) is 30.3 Å². The van der Waals surface area contributed by atoms with E-state index in [-0.39, 0.29) is 17.3 Å². The molecule has 1 aliphatic rings. The van der Waals surface area contributed by atoms with Crippen LogP contribution in [0.2, 0.25) is 0 Å². The highest BCUT2D eigenvalue weighted by Crippen LogP contribution is 2.28. The van der Waals surface area contributed by atoms with E-state index in [2.05, 4.69) is 30.7 Å². The van der Waals surface area contributed by atoms with E-state index in [0.717, 1.165) is 55.4 Å². The van der Waals surface area contributed by atoms with Gasteiger partial charge in [0.2, 0.25) is 0 Å². The van der Waals surface area contributed by atoms with Crippen molar-refractivity contribution in [1.82, 2.24) is 14.8 Å².